The first-order chi connectivity index (χ1) is 12.8. The smallest absolute Gasteiger partial charge is 0.267 e. The summed E-state index contributed by atoms with van der Waals surface area (Å²) in [7, 11) is -3.71. The minimum atomic E-state index is -3.71. The van der Waals surface area contributed by atoms with Crippen molar-refractivity contribution in [1.29, 1.82) is 0 Å². The molecule has 0 radical (unpaired) electrons. The number of hydrogen-bond acceptors (Lipinski definition) is 5. The molecular weight excluding hydrogens is 368 g/mol. The highest BCUT2D eigenvalue weighted by molar-refractivity contribution is 7.89. The number of rotatable bonds is 6. The summed E-state index contributed by atoms with van der Waals surface area (Å²) in [6, 6.07) is 7.05. The summed E-state index contributed by atoms with van der Waals surface area (Å²) in [5.74, 6) is -0.288. The second kappa shape index (κ2) is 7.61. The first-order valence-electron chi connectivity index (χ1n) is 8.77. The molecule has 1 aromatic heterocycles. The van der Waals surface area contributed by atoms with Crippen molar-refractivity contribution >= 4 is 15.9 Å². The molecule has 144 valence electrons. The lowest BCUT2D eigenvalue weighted by atomic mass is 10.1. The van der Waals surface area contributed by atoms with Crippen molar-refractivity contribution in [3.8, 4) is 0 Å². The van der Waals surface area contributed by atoms with E-state index in [0.29, 0.717) is 13.0 Å². The molecule has 0 fully saturated rings. The van der Waals surface area contributed by atoms with Crippen LogP contribution in [0, 0.1) is 0 Å². The molecule has 1 aliphatic carbocycles. The molecule has 0 saturated heterocycles. The maximum absolute atomic E-state index is 12.4. The molecule has 8 nitrogen and oxygen atoms in total. The summed E-state index contributed by atoms with van der Waals surface area (Å²) in [5.41, 5.74) is 2.47. The SMILES string of the molecule is C[C@H](C(=O)NCCc1ccc(S(N)(=O)=O)cc1)n1nc2c(cc1=O)CCC2. The van der Waals surface area contributed by atoms with Crippen LogP contribution < -0.4 is 16.0 Å². The van der Waals surface area contributed by atoms with E-state index < -0.39 is 16.1 Å². The zero-order chi connectivity index (χ0) is 19.6. The van der Waals surface area contributed by atoms with E-state index in [9.17, 15) is 18.0 Å². The number of hydrogen-bond donors (Lipinski definition) is 2. The maximum atomic E-state index is 12.4. The van der Waals surface area contributed by atoms with Gasteiger partial charge in [-0.15, -0.1) is 0 Å². The van der Waals surface area contributed by atoms with Gasteiger partial charge in [0, 0.05) is 12.6 Å². The molecule has 27 heavy (non-hydrogen) atoms. The Hall–Kier alpha value is -2.52. The third-order valence-corrected chi connectivity index (χ3v) is 5.62. The van der Waals surface area contributed by atoms with Crippen LogP contribution in [0.1, 0.15) is 36.2 Å². The Bertz CT molecular complexity index is 1010. The number of nitrogens with zero attached hydrogens (tertiary/aromatic N) is 2. The lowest BCUT2D eigenvalue weighted by molar-refractivity contribution is -0.124. The second-order valence-corrected chi connectivity index (χ2v) is 8.22. The van der Waals surface area contributed by atoms with Gasteiger partial charge in [0.15, 0.2) is 0 Å². The standard InChI is InChI=1S/C18H22N4O4S/c1-12(22-17(23)11-14-3-2-4-16(14)21-22)18(24)20-10-9-13-5-7-15(8-6-13)27(19,25)26/h5-8,11-12H,2-4,9-10H2,1H3,(H,20,24)(H2,19,25,26)/t12-/m1/s1. The highest BCUT2D eigenvalue weighted by Crippen LogP contribution is 2.18. The molecule has 1 atom stereocenters. The van der Waals surface area contributed by atoms with Crippen LogP contribution in [0.5, 0.6) is 0 Å². The quantitative estimate of drug-likeness (QED) is 0.734. The van der Waals surface area contributed by atoms with Crippen molar-refractivity contribution in [2.75, 3.05) is 6.54 Å². The molecule has 0 spiro atoms. The number of carbonyl (C=O) groups excluding carboxylic acids is 1. The lowest BCUT2D eigenvalue weighted by Crippen LogP contribution is -2.38. The fraction of sp³-hybridized carbons (Fsp3) is 0.389. The van der Waals surface area contributed by atoms with Gasteiger partial charge in [0.05, 0.1) is 10.6 Å². The van der Waals surface area contributed by atoms with Gasteiger partial charge in [-0.1, -0.05) is 12.1 Å². The summed E-state index contributed by atoms with van der Waals surface area (Å²) < 4.78 is 23.7. The van der Waals surface area contributed by atoms with Crippen LogP contribution in [-0.4, -0.2) is 30.7 Å². The van der Waals surface area contributed by atoms with Gasteiger partial charge in [-0.3, -0.25) is 9.59 Å². The topological polar surface area (TPSA) is 124 Å². The van der Waals surface area contributed by atoms with Crippen LogP contribution >= 0.6 is 0 Å². The molecule has 1 amide bonds. The molecular formula is C18H22N4O4S. The van der Waals surface area contributed by atoms with Crippen LogP contribution in [0.15, 0.2) is 40.0 Å². The third-order valence-electron chi connectivity index (χ3n) is 4.69. The average Bonchev–Trinajstić information content (AvgIpc) is 3.07. The molecule has 1 aliphatic rings. The minimum Gasteiger partial charge on any atom is -0.354 e. The summed E-state index contributed by atoms with van der Waals surface area (Å²) in [6.07, 6.45) is 3.20. The Kier molecular flexibility index (Phi) is 5.43. The molecule has 9 heteroatoms. The number of aromatic nitrogens is 2. The van der Waals surface area contributed by atoms with Crippen LogP contribution in [-0.2, 0) is 34.1 Å². The zero-order valence-corrected chi connectivity index (χ0v) is 15.8. The summed E-state index contributed by atoms with van der Waals surface area (Å²) in [6.45, 7) is 2.00. The van der Waals surface area contributed by atoms with E-state index in [1.807, 2.05) is 0 Å². The van der Waals surface area contributed by atoms with Crippen molar-refractivity contribution in [3.05, 3.63) is 57.5 Å². The van der Waals surface area contributed by atoms with Gasteiger partial charge >= 0.3 is 0 Å². The second-order valence-electron chi connectivity index (χ2n) is 6.66. The molecule has 0 bridgehead atoms. The van der Waals surface area contributed by atoms with Crippen LogP contribution in [0.3, 0.4) is 0 Å². The third kappa shape index (κ3) is 4.42. The van der Waals surface area contributed by atoms with Crippen LogP contribution in [0.2, 0.25) is 0 Å². The predicted molar refractivity (Wildman–Crippen MR) is 99.8 cm³/mol. The minimum absolute atomic E-state index is 0.0472. The van der Waals surface area contributed by atoms with Gasteiger partial charge in [0.1, 0.15) is 6.04 Å². The van der Waals surface area contributed by atoms with Crippen LogP contribution in [0.25, 0.3) is 0 Å². The molecule has 3 rings (SSSR count). The zero-order valence-electron chi connectivity index (χ0n) is 15.0. The Morgan fingerprint density at radius 1 is 1.30 bits per heavy atom. The van der Waals surface area contributed by atoms with E-state index in [1.165, 1.54) is 16.8 Å². The molecule has 0 saturated carbocycles. The molecule has 2 aromatic rings. The summed E-state index contributed by atoms with van der Waals surface area (Å²) in [5, 5.41) is 12.2. The van der Waals surface area contributed by atoms with E-state index >= 15 is 0 Å². The average molecular weight is 390 g/mol. The number of benzene rings is 1. The Labute approximate surface area is 157 Å². The number of nitrogens with one attached hydrogen (secondary N) is 1. The molecule has 3 N–H and O–H groups in total. The molecule has 1 aromatic carbocycles. The molecule has 1 heterocycles. The lowest BCUT2D eigenvalue weighted by Gasteiger charge is -2.15. The van der Waals surface area contributed by atoms with Crippen molar-refractivity contribution < 1.29 is 13.2 Å². The Morgan fingerprint density at radius 3 is 2.67 bits per heavy atom. The Balaban J connectivity index is 1.59. The predicted octanol–water partition coefficient (Wildman–Crippen LogP) is 0.299. The molecule has 0 unspecified atom stereocenters. The molecule has 0 aliphatic heterocycles. The highest BCUT2D eigenvalue weighted by Gasteiger charge is 2.21. The number of nitrogens with two attached hydrogens (primary N) is 1. The fourth-order valence-electron chi connectivity index (χ4n) is 3.13. The van der Waals surface area contributed by atoms with Gasteiger partial charge in [0.2, 0.25) is 15.9 Å². The van der Waals surface area contributed by atoms with Gasteiger partial charge in [-0.05, 0) is 55.9 Å². The largest absolute Gasteiger partial charge is 0.354 e. The number of fused-ring (bicyclic) bond motifs is 1. The first-order valence-corrected chi connectivity index (χ1v) is 10.3. The van der Waals surface area contributed by atoms with Crippen molar-refractivity contribution in [2.45, 2.75) is 43.5 Å². The maximum Gasteiger partial charge on any atom is 0.267 e. The summed E-state index contributed by atoms with van der Waals surface area (Å²) in [4.78, 5) is 24.6. The van der Waals surface area contributed by atoms with Crippen molar-refractivity contribution in [3.63, 3.8) is 0 Å². The number of aryl methyl sites for hydroxylation is 2. The van der Waals surface area contributed by atoms with E-state index in [2.05, 4.69) is 10.4 Å². The van der Waals surface area contributed by atoms with Crippen LogP contribution in [0.4, 0.5) is 0 Å². The fourth-order valence-corrected chi connectivity index (χ4v) is 3.64. The summed E-state index contributed by atoms with van der Waals surface area (Å²) >= 11 is 0. The number of amides is 1. The van der Waals surface area contributed by atoms with E-state index in [-0.39, 0.29) is 16.4 Å². The van der Waals surface area contributed by atoms with Gasteiger partial charge in [-0.2, -0.15) is 5.10 Å². The van der Waals surface area contributed by atoms with Gasteiger partial charge in [-0.25, -0.2) is 18.2 Å². The van der Waals surface area contributed by atoms with E-state index in [0.717, 1.165) is 36.1 Å². The van der Waals surface area contributed by atoms with Gasteiger partial charge in [0.25, 0.3) is 5.56 Å². The number of sulfonamides is 1. The first kappa shape index (κ1) is 19.2. The monoisotopic (exact) mass is 390 g/mol. The number of primary sulfonamides is 1. The van der Waals surface area contributed by atoms with E-state index in [4.69, 9.17) is 5.14 Å². The Morgan fingerprint density at radius 2 is 2.00 bits per heavy atom. The highest BCUT2D eigenvalue weighted by atomic mass is 32.2. The van der Waals surface area contributed by atoms with Crippen molar-refractivity contribution in [1.82, 2.24) is 15.1 Å². The van der Waals surface area contributed by atoms with Crippen molar-refractivity contribution in [2.24, 2.45) is 5.14 Å². The van der Waals surface area contributed by atoms with E-state index in [1.54, 1.807) is 25.1 Å². The normalized spacial score (nSPS) is 14.6. The number of carbonyl (C=O) groups is 1. The van der Waals surface area contributed by atoms with Gasteiger partial charge < -0.3 is 5.32 Å².